The molecular weight excluding hydrogens is 438 g/mol. The van der Waals surface area contributed by atoms with Gasteiger partial charge in [0.25, 0.3) is 5.91 Å². The summed E-state index contributed by atoms with van der Waals surface area (Å²) in [4.78, 5) is 33.5. The number of piperazine rings is 1. The summed E-state index contributed by atoms with van der Waals surface area (Å²) in [6.45, 7) is 6.54. The third-order valence-electron chi connectivity index (χ3n) is 5.63. The molecule has 2 heterocycles. The zero-order valence-electron chi connectivity index (χ0n) is 18.6. The maximum atomic E-state index is 12.7. The van der Waals surface area contributed by atoms with Crippen molar-refractivity contribution in [3.8, 4) is 0 Å². The van der Waals surface area contributed by atoms with Crippen LogP contribution >= 0.6 is 11.6 Å². The number of aromatic nitrogens is 1. The Balaban J connectivity index is 1.30. The Bertz CT molecular complexity index is 1140. The Morgan fingerprint density at radius 1 is 0.909 bits per heavy atom. The Kier molecular flexibility index (Phi) is 6.79. The first-order valence-electron chi connectivity index (χ1n) is 10.8. The van der Waals surface area contributed by atoms with Crippen molar-refractivity contribution in [1.82, 2.24) is 9.88 Å². The largest absolute Gasteiger partial charge is 0.353 e. The van der Waals surface area contributed by atoms with E-state index in [4.69, 9.17) is 11.6 Å². The number of carbonyl (C=O) groups excluding carboxylic acids is 2. The first-order chi connectivity index (χ1) is 15.9. The van der Waals surface area contributed by atoms with Crippen molar-refractivity contribution in [3.63, 3.8) is 0 Å². The van der Waals surface area contributed by atoms with Crippen LogP contribution < -0.4 is 15.5 Å². The molecule has 1 saturated heterocycles. The summed E-state index contributed by atoms with van der Waals surface area (Å²) in [6.07, 6.45) is 1.64. The lowest BCUT2D eigenvalue weighted by Crippen LogP contribution is -2.49. The summed E-state index contributed by atoms with van der Waals surface area (Å²) >= 11 is 5.91. The first kappa shape index (κ1) is 22.6. The number of amides is 3. The summed E-state index contributed by atoms with van der Waals surface area (Å²) < 4.78 is 0. The van der Waals surface area contributed by atoms with E-state index in [1.807, 2.05) is 49.1 Å². The molecule has 33 heavy (non-hydrogen) atoms. The number of anilines is 3. The van der Waals surface area contributed by atoms with Gasteiger partial charge in [-0.15, -0.1) is 0 Å². The van der Waals surface area contributed by atoms with Crippen LogP contribution in [-0.4, -0.2) is 48.0 Å². The predicted molar refractivity (Wildman–Crippen MR) is 132 cm³/mol. The maximum Gasteiger partial charge on any atom is 0.323 e. The summed E-state index contributed by atoms with van der Waals surface area (Å²) in [5.74, 6) is 0.822. The number of hydrogen-bond acceptors (Lipinski definition) is 4. The topological polar surface area (TPSA) is 77.6 Å². The van der Waals surface area contributed by atoms with Crippen molar-refractivity contribution in [2.75, 3.05) is 41.7 Å². The second-order valence-corrected chi connectivity index (χ2v) is 8.53. The van der Waals surface area contributed by atoms with Crippen molar-refractivity contribution in [1.29, 1.82) is 0 Å². The molecule has 170 valence electrons. The van der Waals surface area contributed by atoms with Crippen LogP contribution in [0.2, 0.25) is 5.02 Å². The van der Waals surface area contributed by atoms with Crippen LogP contribution in [0, 0.1) is 13.8 Å². The average molecular weight is 464 g/mol. The Labute approximate surface area is 198 Å². The summed E-state index contributed by atoms with van der Waals surface area (Å²) in [5.41, 5.74) is 4.11. The number of nitrogens with one attached hydrogen (secondary N) is 2. The molecule has 0 bridgehead atoms. The van der Waals surface area contributed by atoms with E-state index in [1.165, 1.54) is 0 Å². The van der Waals surface area contributed by atoms with Crippen LogP contribution in [0.4, 0.5) is 22.0 Å². The number of benzene rings is 2. The highest BCUT2D eigenvalue weighted by Crippen LogP contribution is 2.20. The monoisotopic (exact) mass is 463 g/mol. The van der Waals surface area contributed by atoms with E-state index in [-0.39, 0.29) is 11.9 Å². The molecule has 1 aliphatic rings. The van der Waals surface area contributed by atoms with Gasteiger partial charge in [-0.2, -0.15) is 0 Å². The van der Waals surface area contributed by atoms with E-state index in [0.29, 0.717) is 42.5 Å². The van der Waals surface area contributed by atoms with E-state index in [9.17, 15) is 9.59 Å². The molecule has 2 aromatic carbocycles. The standard InChI is InChI=1S/C25H26ClN5O2/c1-17-3-4-18(2)22(15-17)29-25(33)28-21-9-10-23(27-16-21)30-11-13-31(14-12-30)24(32)19-5-7-20(26)8-6-19/h3-10,15-16H,11-14H2,1-2H3,(H2,28,29,33). The van der Waals surface area contributed by atoms with Gasteiger partial charge in [-0.3, -0.25) is 4.79 Å². The van der Waals surface area contributed by atoms with Crippen LogP contribution in [0.25, 0.3) is 0 Å². The molecular formula is C25H26ClN5O2. The molecule has 0 atom stereocenters. The Morgan fingerprint density at radius 3 is 2.30 bits per heavy atom. The molecule has 2 N–H and O–H groups in total. The fraction of sp³-hybridized carbons (Fsp3) is 0.240. The van der Waals surface area contributed by atoms with Crippen molar-refractivity contribution in [2.45, 2.75) is 13.8 Å². The van der Waals surface area contributed by atoms with E-state index >= 15 is 0 Å². The molecule has 4 rings (SSSR count). The smallest absolute Gasteiger partial charge is 0.323 e. The van der Waals surface area contributed by atoms with Gasteiger partial charge in [0.1, 0.15) is 5.82 Å². The fourth-order valence-corrected chi connectivity index (χ4v) is 3.84. The number of nitrogens with zero attached hydrogens (tertiary/aromatic N) is 3. The highest BCUT2D eigenvalue weighted by Gasteiger charge is 2.23. The number of halogens is 1. The number of urea groups is 1. The first-order valence-corrected chi connectivity index (χ1v) is 11.2. The summed E-state index contributed by atoms with van der Waals surface area (Å²) in [6, 6.07) is 16.3. The number of hydrogen-bond donors (Lipinski definition) is 2. The number of pyridine rings is 1. The number of carbonyl (C=O) groups is 2. The van der Waals surface area contributed by atoms with Gasteiger partial charge in [-0.25, -0.2) is 9.78 Å². The van der Waals surface area contributed by atoms with Gasteiger partial charge in [-0.1, -0.05) is 23.7 Å². The number of rotatable bonds is 4. The van der Waals surface area contributed by atoms with Crippen molar-refractivity contribution < 1.29 is 9.59 Å². The van der Waals surface area contributed by atoms with Gasteiger partial charge in [-0.05, 0) is 67.4 Å². The van der Waals surface area contributed by atoms with Crippen molar-refractivity contribution in [3.05, 3.63) is 82.5 Å². The second kappa shape index (κ2) is 9.92. The van der Waals surface area contributed by atoms with Crippen LogP contribution in [0.5, 0.6) is 0 Å². The molecule has 0 unspecified atom stereocenters. The minimum Gasteiger partial charge on any atom is -0.353 e. The Hall–Kier alpha value is -3.58. The molecule has 3 aromatic rings. The molecule has 0 saturated carbocycles. The summed E-state index contributed by atoms with van der Waals surface area (Å²) in [7, 11) is 0. The molecule has 7 nitrogen and oxygen atoms in total. The van der Waals surface area contributed by atoms with Crippen molar-refractivity contribution in [2.24, 2.45) is 0 Å². The molecule has 1 fully saturated rings. The molecule has 0 spiro atoms. The maximum absolute atomic E-state index is 12.7. The molecule has 3 amide bonds. The minimum atomic E-state index is -0.312. The predicted octanol–water partition coefficient (Wildman–Crippen LogP) is 4.96. The van der Waals surface area contributed by atoms with Crippen LogP contribution in [0.3, 0.4) is 0 Å². The summed E-state index contributed by atoms with van der Waals surface area (Å²) in [5, 5.41) is 6.31. The quantitative estimate of drug-likeness (QED) is 0.573. The van der Waals surface area contributed by atoms with Gasteiger partial charge in [0, 0.05) is 42.5 Å². The average Bonchev–Trinajstić information content (AvgIpc) is 2.82. The van der Waals surface area contributed by atoms with Gasteiger partial charge < -0.3 is 20.4 Å². The van der Waals surface area contributed by atoms with Gasteiger partial charge in [0.2, 0.25) is 0 Å². The molecule has 1 aromatic heterocycles. The molecule has 1 aliphatic heterocycles. The second-order valence-electron chi connectivity index (χ2n) is 8.09. The van der Waals surface area contributed by atoms with Crippen LogP contribution in [0.1, 0.15) is 21.5 Å². The highest BCUT2D eigenvalue weighted by molar-refractivity contribution is 6.30. The van der Waals surface area contributed by atoms with Gasteiger partial charge in [0.05, 0.1) is 11.9 Å². The zero-order valence-corrected chi connectivity index (χ0v) is 19.4. The minimum absolute atomic E-state index is 0.00804. The van der Waals surface area contributed by atoms with Gasteiger partial charge in [0.15, 0.2) is 0 Å². The third kappa shape index (κ3) is 5.62. The van der Waals surface area contributed by atoms with E-state index in [2.05, 4.69) is 20.5 Å². The molecule has 0 aliphatic carbocycles. The fourth-order valence-electron chi connectivity index (χ4n) is 3.72. The highest BCUT2D eigenvalue weighted by atomic mass is 35.5. The SMILES string of the molecule is Cc1ccc(C)c(NC(=O)Nc2ccc(N3CCN(C(=O)c4ccc(Cl)cc4)CC3)nc2)c1. The normalized spacial score (nSPS) is 13.5. The van der Waals surface area contributed by atoms with Crippen molar-refractivity contribution >= 4 is 40.7 Å². The Morgan fingerprint density at radius 2 is 1.64 bits per heavy atom. The number of aryl methyl sites for hydroxylation is 2. The van der Waals surface area contributed by atoms with Crippen LogP contribution in [-0.2, 0) is 0 Å². The van der Waals surface area contributed by atoms with E-state index in [0.717, 1.165) is 22.6 Å². The lowest BCUT2D eigenvalue weighted by atomic mass is 10.1. The van der Waals surface area contributed by atoms with Gasteiger partial charge >= 0.3 is 6.03 Å². The lowest BCUT2D eigenvalue weighted by Gasteiger charge is -2.35. The molecule has 8 heteroatoms. The van der Waals surface area contributed by atoms with Crippen LogP contribution in [0.15, 0.2) is 60.8 Å². The van der Waals surface area contributed by atoms with E-state index < -0.39 is 0 Å². The third-order valence-corrected chi connectivity index (χ3v) is 5.88. The van der Waals surface area contributed by atoms with E-state index in [1.54, 1.807) is 30.5 Å². The molecule has 0 radical (unpaired) electrons. The lowest BCUT2D eigenvalue weighted by molar-refractivity contribution is 0.0746. The zero-order chi connectivity index (χ0) is 23.4.